The first kappa shape index (κ1) is 15.8. The molecular weight excluding hydrogens is 242 g/mol. The fourth-order valence-corrected chi connectivity index (χ4v) is 1.74. The van der Waals surface area contributed by atoms with Gasteiger partial charge in [-0.1, -0.05) is 13.8 Å². The van der Waals surface area contributed by atoms with Crippen LogP contribution in [0.2, 0.25) is 0 Å². The quantitative estimate of drug-likeness (QED) is 0.682. The first-order valence-electron chi connectivity index (χ1n) is 7.00. The molecule has 1 aromatic rings. The number of aliphatic hydroxyl groups is 1. The van der Waals surface area contributed by atoms with Crippen LogP contribution < -0.4 is 14.8 Å². The lowest BCUT2D eigenvalue weighted by atomic mass is 10.2. The average Bonchev–Trinajstić information content (AvgIpc) is 2.44. The predicted molar refractivity (Wildman–Crippen MR) is 76.9 cm³/mol. The molecular formula is C15H25NO3. The third kappa shape index (κ3) is 6.45. The maximum absolute atomic E-state index is 8.97. The number of nitrogens with one attached hydrogen (secondary N) is 1. The molecule has 0 aliphatic rings. The van der Waals surface area contributed by atoms with E-state index in [9.17, 15) is 0 Å². The van der Waals surface area contributed by atoms with Gasteiger partial charge in [0.05, 0.1) is 6.61 Å². The Kier molecular flexibility index (Phi) is 8.02. The lowest BCUT2D eigenvalue weighted by Gasteiger charge is -2.17. The van der Waals surface area contributed by atoms with Crippen LogP contribution in [0.5, 0.6) is 11.5 Å². The molecule has 0 aromatic heterocycles. The van der Waals surface area contributed by atoms with Gasteiger partial charge in [0.1, 0.15) is 18.1 Å². The van der Waals surface area contributed by atoms with E-state index in [4.69, 9.17) is 14.6 Å². The van der Waals surface area contributed by atoms with E-state index in [1.165, 1.54) is 0 Å². The van der Waals surface area contributed by atoms with Crippen LogP contribution in [0.15, 0.2) is 24.3 Å². The summed E-state index contributed by atoms with van der Waals surface area (Å²) in [7, 11) is 0. The van der Waals surface area contributed by atoms with E-state index in [1.54, 1.807) is 0 Å². The smallest absolute Gasteiger partial charge is 0.119 e. The zero-order valence-electron chi connectivity index (χ0n) is 11.9. The third-order valence-electron chi connectivity index (χ3n) is 2.72. The van der Waals surface area contributed by atoms with Crippen LogP contribution >= 0.6 is 0 Å². The van der Waals surface area contributed by atoms with Crippen LogP contribution in [0.25, 0.3) is 0 Å². The Bertz CT molecular complexity index is 321. The summed E-state index contributed by atoms with van der Waals surface area (Å²) in [6, 6.07) is 7.84. The van der Waals surface area contributed by atoms with Crippen molar-refractivity contribution < 1.29 is 14.6 Å². The summed E-state index contributed by atoms with van der Waals surface area (Å²) in [6.45, 7) is 6.47. The van der Waals surface area contributed by atoms with Gasteiger partial charge >= 0.3 is 0 Å². The normalized spacial score (nSPS) is 12.2. The minimum atomic E-state index is 0.171. The second kappa shape index (κ2) is 9.64. The van der Waals surface area contributed by atoms with E-state index < -0.39 is 0 Å². The molecule has 1 atom stereocenters. The standard InChI is InChI=1S/C15H25NO3/c1-3-11-18-14-5-7-15(8-6-14)19-12-13(9-10-17)16-4-2/h5-8,13,16-17H,3-4,9-12H2,1-2H3. The Morgan fingerprint density at radius 2 is 1.74 bits per heavy atom. The molecule has 1 unspecified atom stereocenters. The summed E-state index contributed by atoms with van der Waals surface area (Å²) < 4.78 is 11.2. The fourth-order valence-electron chi connectivity index (χ4n) is 1.74. The Hall–Kier alpha value is -1.26. The molecule has 0 spiro atoms. The van der Waals surface area contributed by atoms with Crippen LogP contribution in [0.3, 0.4) is 0 Å². The van der Waals surface area contributed by atoms with Crippen molar-refractivity contribution in [1.82, 2.24) is 5.32 Å². The summed E-state index contributed by atoms with van der Waals surface area (Å²) in [5.41, 5.74) is 0. The fraction of sp³-hybridized carbons (Fsp3) is 0.600. The topological polar surface area (TPSA) is 50.7 Å². The van der Waals surface area contributed by atoms with Crippen LogP contribution in [0.1, 0.15) is 26.7 Å². The van der Waals surface area contributed by atoms with Gasteiger partial charge in [-0.15, -0.1) is 0 Å². The molecule has 19 heavy (non-hydrogen) atoms. The molecule has 0 amide bonds. The molecule has 4 heteroatoms. The van der Waals surface area contributed by atoms with Crippen molar-refractivity contribution in [2.75, 3.05) is 26.4 Å². The molecule has 4 nitrogen and oxygen atoms in total. The molecule has 0 bridgehead atoms. The average molecular weight is 267 g/mol. The lowest BCUT2D eigenvalue weighted by molar-refractivity contribution is 0.215. The molecule has 1 aromatic carbocycles. The highest BCUT2D eigenvalue weighted by Crippen LogP contribution is 2.18. The largest absolute Gasteiger partial charge is 0.494 e. The number of benzene rings is 1. The molecule has 0 saturated heterocycles. The van der Waals surface area contributed by atoms with Gasteiger partial charge in [-0.2, -0.15) is 0 Å². The zero-order valence-corrected chi connectivity index (χ0v) is 11.9. The monoisotopic (exact) mass is 267 g/mol. The molecule has 1 rings (SSSR count). The van der Waals surface area contributed by atoms with E-state index in [0.29, 0.717) is 13.0 Å². The molecule has 0 saturated carbocycles. The number of hydrogen-bond acceptors (Lipinski definition) is 4. The lowest BCUT2D eigenvalue weighted by Crippen LogP contribution is -2.35. The van der Waals surface area contributed by atoms with Gasteiger partial charge in [-0.3, -0.25) is 0 Å². The summed E-state index contributed by atoms with van der Waals surface area (Å²) >= 11 is 0. The Morgan fingerprint density at radius 1 is 1.11 bits per heavy atom. The molecule has 0 aliphatic carbocycles. The van der Waals surface area contributed by atoms with Gasteiger partial charge in [0, 0.05) is 12.6 Å². The number of hydrogen-bond donors (Lipinski definition) is 2. The van der Waals surface area contributed by atoms with Crippen molar-refractivity contribution in [2.45, 2.75) is 32.7 Å². The SMILES string of the molecule is CCCOc1ccc(OCC(CCO)NCC)cc1. The van der Waals surface area contributed by atoms with Gasteiger partial charge in [-0.25, -0.2) is 0 Å². The highest BCUT2D eigenvalue weighted by atomic mass is 16.5. The third-order valence-corrected chi connectivity index (χ3v) is 2.72. The van der Waals surface area contributed by atoms with E-state index in [0.717, 1.165) is 31.1 Å². The molecule has 2 N–H and O–H groups in total. The van der Waals surface area contributed by atoms with Crippen molar-refractivity contribution in [1.29, 1.82) is 0 Å². The van der Waals surface area contributed by atoms with Crippen LogP contribution in [0.4, 0.5) is 0 Å². The zero-order chi connectivity index (χ0) is 13.9. The van der Waals surface area contributed by atoms with E-state index >= 15 is 0 Å². The highest BCUT2D eigenvalue weighted by Gasteiger charge is 2.07. The van der Waals surface area contributed by atoms with Crippen LogP contribution in [-0.2, 0) is 0 Å². The molecule has 0 aliphatic heterocycles. The summed E-state index contributed by atoms with van der Waals surface area (Å²) in [6.07, 6.45) is 1.70. The van der Waals surface area contributed by atoms with Gasteiger partial charge in [0.2, 0.25) is 0 Å². The van der Waals surface area contributed by atoms with E-state index in [2.05, 4.69) is 12.2 Å². The minimum absolute atomic E-state index is 0.171. The number of rotatable bonds is 10. The summed E-state index contributed by atoms with van der Waals surface area (Å²) in [5, 5.41) is 12.3. The number of ether oxygens (including phenoxy) is 2. The van der Waals surface area contributed by atoms with Crippen molar-refractivity contribution in [2.24, 2.45) is 0 Å². The Morgan fingerprint density at radius 3 is 2.26 bits per heavy atom. The van der Waals surface area contributed by atoms with Crippen molar-refractivity contribution in [3.63, 3.8) is 0 Å². The molecule has 0 heterocycles. The maximum atomic E-state index is 8.97. The van der Waals surface area contributed by atoms with Gasteiger partial charge in [0.15, 0.2) is 0 Å². The number of aliphatic hydroxyl groups excluding tert-OH is 1. The predicted octanol–water partition coefficient (Wildman–Crippen LogP) is 2.21. The second-order valence-corrected chi connectivity index (χ2v) is 4.40. The van der Waals surface area contributed by atoms with Gasteiger partial charge < -0.3 is 19.9 Å². The molecule has 0 fully saturated rings. The summed E-state index contributed by atoms with van der Waals surface area (Å²) in [5.74, 6) is 1.69. The first-order valence-corrected chi connectivity index (χ1v) is 7.00. The van der Waals surface area contributed by atoms with Gasteiger partial charge in [-0.05, 0) is 43.7 Å². The van der Waals surface area contributed by atoms with Crippen LogP contribution in [0, 0.1) is 0 Å². The van der Waals surface area contributed by atoms with Crippen molar-refractivity contribution >= 4 is 0 Å². The number of likely N-dealkylation sites (N-methyl/N-ethyl adjacent to an activating group) is 1. The van der Waals surface area contributed by atoms with E-state index in [-0.39, 0.29) is 12.6 Å². The molecule has 0 radical (unpaired) electrons. The van der Waals surface area contributed by atoms with Crippen molar-refractivity contribution in [3.8, 4) is 11.5 Å². The van der Waals surface area contributed by atoms with E-state index in [1.807, 2.05) is 31.2 Å². The molecule has 108 valence electrons. The Labute approximate surface area is 115 Å². The second-order valence-electron chi connectivity index (χ2n) is 4.40. The first-order chi connectivity index (χ1) is 9.30. The highest BCUT2D eigenvalue weighted by molar-refractivity contribution is 5.31. The minimum Gasteiger partial charge on any atom is -0.494 e. The van der Waals surface area contributed by atoms with Crippen molar-refractivity contribution in [3.05, 3.63) is 24.3 Å². The Balaban J connectivity index is 2.39. The maximum Gasteiger partial charge on any atom is 0.119 e. The summed E-state index contributed by atoms with van der Waals surface area (Å²) in [4.78, 5) is 0. The van der Waals surface area contributed by atoms with Crippen LogP contribution in [-0.4, -0.2) is 37.5 Å². The van der Waals surface area contributed by atoms with Gasteiger partial charge in [0.25, 0.3) is 0 Å².